The van der Waals surface area contributed by atoms with Crippen LogP contribution in [0.3, 0.4) is 0 Å². The van der Waals surface area contributed by atoms with E-state index in [0.29, 0.717) is 17.8 Å². The van der Waals surface area contributed by atoms with Crippen LogP contribution in [0.2, 0.25) is 0 Å². The Hall–Kier alpha value is -2.09. The van der Waals surface area contributed by atoms with E-state index in [1.807, 2.05) is 6.07 Å². The normalized spacial score (nSPS) is 11.5. The van der Waals surface area contributed by atoms with Gasteiger partial charge in [-0.25, -0.2) is 9.78 Å². The third-order valence-electron chi connectivity index (χ3n) is 1.92. The number of carboxylic acid groups (broad SMARTS) is 1. The van der Waals surface area contributed by atoms with Gasteiger partial charge < -0.3 is 10.4 Å². The van der Waals surface area contributed by atoms with E-state index in [0.717, 1.165) is 0 Å². The van der Waals surface area contributed by atoms with Crippen molar-refractivity contribution in [2.75, 3.05) is 5.32 Å². The average Bonchev–Trinajstić information content (AvgIpc) is 2.25. The highest BCUT2D eigenvalue weighted by atomic mass is 16.4. The van der Waals surface area contributed by atoms with Crippen LogP contribution < -0.4 is 5.32 Å². The number of nitrogens with zero attached hydrogens (tertiary/aromatic N) is 2. The minimum atomic E-state index is -0.929. The first-order valence-corrected chi connectivity index (χ1v) is 4.53. The van der Waals surface area contributed by atoms with E-state index in [-0.39, 0.29) is 0 Å². The van der Waals surface area contributed by atoms with Crippen LogP contribution in [0.5, 0.6) is 0 Å². The minimum absolute atomic E-state index is 0.406. The fourth-order valence-corrected chi connectivity index (χ4v) is 1.10. The first-order valence-electron chi connectivity index (χ1n) is 4.53. The topological polar surface area (TPSA) is 86.0 Å². The number of pyridine rings is 1. The lowest BCUT2D eigenvalue weighted by Gasteiger charge is -2.12. The van der Waals surface area contributed by atoms with Crippen LogP contribution in [0.1, 0.15) is 18.9 Å². The molecular weight excluding hydrogens is 194 g/mol. The molecule has 0 aromatic carbocycles. The molecular formula is C10H11N3O2. The average molecular weight is 205 g/mol. The predicted molar refractivity (Wildman–Crippen MR) is 54.3 cm³/mol. The molecule has 5 nitrogen and oxygen atoms in total. The highest BCUT2D eigenvalue weighted by molar-refractivity contribution is 5.76. The monoisotopic (exact) mass is 205 g/mol. The number of anilines is 1. The van der Waals surface area contributed by atoms with E-state index < -0.39 is 12.0 Å². The maximum absolute atomic E-state index is 10.7. The summed E-state index contributed by atoms with van der Waals surface area (Å²) in [5.74, 6) is -0.523. The Morgan fingerprint density at radius 2 is 2.53 bits per heavy atom. The number of rotatable bonds is 4. The van der Waals surface area contributed by atoms with Gasteiger partial charge in [0.25, 0.3) is 0 Å². The zero-order valence-corrected chi connectivity index (χ0v) is 8.27. The van der Waals surface area contributed by atoms with Gasteiger partial charge in [-0.05, 0) is 18.6 Å². The smallest absolute Gasteiger partial charge is 0.326 e. The van der Waals surface area contributed by atoms with Crippen molar-refractivity contribution < 1.29 is 9.90 Å². The van der Waals surface area contributed by atoms with Crippen molar-refractivity contribution in [2.24, 2.45) is 0 Å². The van der Waals surface area contributed by atoms with Gasteiger partial charge in [-0.1, -0.05) is 6.92 Å². The largest absolute Gasteiger partial charge is 0.480 e. The van der Waals surface area contributed by atoms with Crippen LogP contribution in [0.15, 0.2) is 18.3 Å². The van der Waals surface area contributed by atoms with Gasteiger partial charge in [-0.2, -0.15) is 5.26 Å². The fraction of sp³-hybridized carbons (Fsp3) is 0.300. The number of hydrogen-bond donors (Lipinski definition) is 2. The zero-order chi connectivity index (χ0) is 11.3. The number of nitriles is 1. The summed E-state index contributed by atoms with van der Waals surface area (Å²) in [6, 6.07) is 4.37. The molecule has 0 saturated heterocycles. The molecule has 0 radical (unpaired) electrons. The van der Waals surface area contributed by atoms with Gasteiger partial charge in [-0.3, -0.25) is 0 Å². The van der Waals surface area contributed by atoms with Crippen molar-refractivity contribution in [1.82, 2.24) is 4.98 Å². The number of carbonyl (C=O) groups is 1. The molecule has 0 aliphatic rings. The van der Waals surface area contributed by atoms with Crippen LogP contribution in [0.4, 0.5) is 5.82 Å². The van der Waals surface area contributed by atoms with Gasteiger partial charge in [-0.15, -0.1) is 0 Å². The summed E-state index contributed by atoms with van der Waals surface area (Å²) in [6.45, 7) is 1.76. The lowest BCUT2D eigenvalue weighted by Crippen LogP contribution is -2.28. The van der Waals surface area contributed by atoms with E-state index in [2.05, 4.69) is 10.3 Å². The maximum Gasteiger partial charge on any atom is 0.326 e. The van der Waals surface area contributed by atoms with Crippen molar-refractivity contribution in [2.45, 2.75) is 19.4 Å². The first kappa shape index (κ1) is 11.0. The van der Waals surface area contributed by atoms with Crippen molar-refractivity contribution in [3.8, 4) is 6.07 Å². The summed E-state index contributed by atoms with van der Waals surface area (Å²) in [6.07, 6.45) is 1.92. The van der Waals surface area contributed by atoms with Crippen molar-refractivity contribution in [1.29, 1.82) is 5.26 Å². The molecule has 0 fully saturated rings. The molecule has 78 valence electrons. The van der Waals surface area contributed by atoms with E-state index >= 15 is 0 Å². The second-order valence-electron chi connectivity index (χ2n) is 2.98. The molecule has 0 aliphatic carbocycles. The Morgan fingerprint density at radius 1 is 1.80 bits per heavy atom. The van der Waals surface area contributed by atoms with E-state index in [1.165, 1.54) is 12.3 Å². The Labute approximate surface area is 87.4 Å². The van der Waals surface area contributed by atoms with Gasteiger partial charge in [0, 0.05) is 6.20 Å². The van der Waals surface area contributed by atoms with Crippen LogP contribution in [-0.4, -0.2) is 22.1 Å². The van der Waals surface area contributed by atoms with Crippen LogP contribution in [0, 0.1) is 11.3 Å². The summed E-state index contributed by atoms with van der Waals surface area (Å²) in [5, 5.41) is 20.2. The molecule has 0 saturated carbocycles. The second kappa shape index (κ2) is 4.96. The van der Waals surface area contributed by atoms with Crippen LogP contribution >= 0.6 is 0 Å². The molecule has 1 aromatic heterocycles. The van der Waals surface area contributed by atoms with Gasteiger partial charge in [0.1, 0.15) is 11.9 Å². The molecule has 5 heteroatoms. The van der Waals surface area contributed by atoms with E-state index in [1.54, 1.807) is 13.0 Å². The Morgan fingerprint density at radius 3 is 3.07 bits per heavy atom. The van der Waals surface area contributed by atoms with Gasteiger partial charge >= 0.3 is 5.97 Å². The summed E-state index contributed by atoms with van der Waals surface area (Å²) in [4.78, 5) is 14.7. The number of carboxylic acids is 1. The molecule has 1 heterocycles. The summed E-state index contributed by atoms with van der Waals surface area (Å²) >= 11 is 0. The van der Waals surface area contributed by atoms with Crippen molar-refractivity contribution >= 4 is 11.8 Å². The predicted octanol–water partition coefficient (Wildman–Crippen LogP) is 1.23. The van der Waals surface area contributed by atoms with Crippen molar-refractivity contribution in [3.05, 3.63) is 23.9 Å². The summed E-state index contributed by atoms with van der Waals surface area (Å²) in [5.41, 5.74) is 0.452. The number of aromatic nitrogens is 1. The standard InChI is InChI=1S/C10H11N3O2/c1-2-8(10(14)15)13-9-5-7(6-11)3-4-12-9/h3-5,8H,2H2,1H3,(H,12,13)(H,14,15). The van der Waals surface area contributed by atoms with Gasteiger partial charge in [0.05, 0.1) is 11.6 Å². The third-order valence-corrected chi connectivity index (χ3v) is 1.92. The van der Waals surface area contributed by atoms with Gasteiger partial charge in [0.15, 0.2) is 0 Å². The van der Waals surface area contributed by atoms with Gasteiger partial charge in [0.2, 0.25) is 0 Å². The molecule has 1 unspecified atom stereocenters. The Kier molecular flexibility index (Phi) is 3.63. The second-order valence-corrected chi connectivity index (χ2v) is 2.98. The molecule has 2 N–H and O–H groups in total. The quantitative estimate of drug-likeness (QED) is 0.772. The molecule has 0 amide bonds. The lowest BCUT2D eigenvalue weighted by molar-refractivity contribution is -0.137. The van der Waals surface area contributed by atoms with Crippen LogP contribution in [-0.2, 0) is 4.79 Å². The highest BCUT2D eigenvalue weighted by Gasteiger charge is 2.14. The lowest BCUT2D eigenvalue weighted by atomic mass is 10.2. The van der Waals surface area contributed by atoms with E-state index in [4.69, 9.17) is 10.4 Å². The molecule has 1 aromatic rings. The SMILES string of the molecule is CCC(Nc1cc(C#N)ccn1)C(=O)O. The third kappa shape index (κ3) is 2.95. The highest BCUT2D eigenvalue weighted by Crippen LogP contribution is 2.08. The number of nitrogens with one attached hydrogen (secondary N) is 1. The maximum atomic E-state index is 10.7. The molecule has 0 bridgehead atoms. The Bertz CT molecular complexity index is 398. The fourth-order valence-electron chi connectivity index (χ4n) is 1.10. The zero-order valence-electron chi connectivity index (χ0n) is 8.27. The minimum Gasteiger partial charge on any atom is -0.480 e. The molecule has 15 heavy (non-hydrogen) atoms. The molecule has 1 rings (SSSR count). The Balaban J connectivity index is 2.80. The van der Waals surface area contributed by atoms with Crippen molar-refractivity contribution in [3.63, 3.8) is 0 Å². The van der Waals surface area contributed by atoms with Crippen LogP contribution in [0.25, 0.3) is 0 Å². The van der Waals surface area contributed by atoms with E-state index in [9.17, 15) is 4.79 Å². The molecule has 0 aliphatic heterocycles. The molecule has 1 atom stereocenters. The summed E-state index contributed by atoms with van der Waals surface area (Å²) < 4.78 is 0. The molecule has 0 spiro atoms. The first-order chi connectivity index (χ1) is 7.17. The summed E-state index contributed by atoms with van der Waals surface area (Å²) in [7, 11) is 0. The number of hydrogen-bond acceptors (Lipinski definition) is 4. The number of aliphatic carboxylic acids is 1.